The van der Waals surface area contributed by atoms with E-state index in [4.69, 9.17) is 33.4 Å². The molecule has 2 aliphatic rings. The number of aromatic nitrogens is 4. The first-order valence-electron chi connectivity index (χ1n) is 20.6. The highest BCUT2D eigenvalue weighted by Gasteiger charge is 2.31. The highest BCUT2D eigenvalue weighted by molar-refractivity contribution is 8.13. The third-order valence-electron chi connectivity index (χ3n) is 10.4. The number of halogens is 3. The largest absolute Gasteiger partial charge is 0.317 e. The lowest BCUT2D eigenvalue weighted by atomic mass is 9.95. The van der Waals surface area contributed by atoms with Crippen molar-refractivity contribution in [3.05, 3.63) is 77.6 Å². The number of thiophene rings is 2. The first-order chi connectivity index (χ1) is 28.3. The van der Waals surface area contributed by atoms with Crippen LogP contribution in [0.3, 0.4) is 0 Å². The van der Waals surface area contributed by atoms with Gasteiger partial charge in [-0.2, -0.15) is 10.2 Å². The lowest BCUT2D eigenvalue weighted by Crippen LogP contribution is -2.30. The monoisotopic (exact) mass is 978 g/mol. The SMILES string of the molecule is CC(C)(C)C(=O)n1nc(C2CCCN(S(C)(=O)=O)CC2)cc1CCc1ccc(Cl)s1.CC(C)(C)C(=O)n1nc(C2CCCNCC2)cc1CCc1ccc(Cl)s1.CS(=O)(=O)Cl. The predicted molar refractivity (Wildman–Crippen MR) is 251 cm³/mol. The number of nitrogens with one attached hydrogen (secondary N) is 1. The van der Waals surface area contributed by atoms with Crippen LogP contribution in [-0.4, -0.2) is 91.2 Å². The van der Waals surface area contributed by atoms with Gasteiger partial charge in [0.25, 0.3) is 11.8 Å². The first-order valence-corrected chi connectivity index (χ1v) is 27.6. The molecule has 0 aliphatic carbocycles. The number of nitrogens with zero attached hydrogens (tertiary/aromatic N) is 5. The van der Waals surface area contributed by atoms with Crippen LogP contribution in [0.2, 0.25) is 8.67 Å². The molecule has 2 unspecified atom stereocenters. The van der Waals surface area contributed by atoms with Crippen molar-refractivity contribution < 1.29 is 26.4 Å². The van der Waals surface area contributed by atoms with Crippen molar-refractivity contribution in [1.29, 1.82) is 0 Å². The van der Waals surface area contributed by atoms with Gasteiger partial charge in [0.05, 0.1) is 32.6 Å². The zero-order valence-electron chi connectivity index (χ0n) is 36.5. The van der Waals surface area contributed by atoms with Crippen molar-refractivity contribution in [3.63, 3.8) is 0 Å². The molecule has 0 spiro atoms. The molecule has 4 aromatic rings. The van der Waals surface area contributed by atoms with Gasteiger partial charge in [0, 0.05) is 67.6 Å². The zero-order valence-corrected chi connectivity index (χ0v) is 42.0. The average molecular weight is 981 g/mol. The molecule has 2 atom stereocenters. The van der Waals surface area contributed by atoms with Gasteiger partial charge >= 0.3 is 0 Å². The second kappa shape index (κ2) is 22.2. The number of hydrogen-bond acceptors (Lipinski definition) is 11. The van der Waals surface area contributed by atoms with Gasteiger partial charge in [0.2, 0.25) is 19.1 Å². The van der Waals surface area contributed by atoms with Crippen LogP contribution in [0.5, 0.6) is 0 Å². The van der Waals surface area contributed by atoms with Crippen molar-refractivity contribution in [3.8, 4) is 0 Å². The van der Waals surface area contributed by atoms with Crippen LogP contribution >= 0.6 is 56.6 Å². The number of carbonyl (C=O) groups excluding carboxylic acids is 2. The molecule has 2 fully saturated rings. The molecule has 12 nitrogen and oxygen atoms in total. The van der Waals surface area contributed by atoms with Crippen molar-refractivity contribution >= 4 is 87.4 Å². The molecule has 0 radical (unpaired) electrons. The van der Waals surface area contributed by atoms with E-state index < -0.39 is 29.9 Å². The Balaban J connectivity index is 0.000000244. The van der Waals surface area contributed by atoms with Crippen molar-refractivity contribution in [1.82, 2.24) is 29.2 Å². The Morgan fingerprint density at radius 3 is 1.54 bits per heavy atom. The maximum atomic E-state index is 13.0. The number of sulfonamides is 1. The summed E-state index contributed by atoms with van der Waals surface area (Å²) in [6.45, 7) is 14.7. The number of hydrogen-bond donors (Lipinski definition) is 1. The maximum Gasteiger partial charge on any atom is 0.252 e. The van der Waals surface area contributed by atoms with E-state index >= 15 is 0 Å². The molecule has 2 aliphatic heterocycles. The third-order valence-corrected chi connectivity index (χ3v) is 14.2. The summed E-state index contributed by atoms with van der Waals surface area (Å²) < 4.78 is 49.0. The summed E-state index contributed by atoms with van der Waals surface area (Å²) in [6, 6.07) is 12.1. The van der Waals surface area contributed by atoms with E-state index in [0.717, 1.165) is 102 Å². The lowest BCUT2D eigenvalue weighted by molar-refractivity contribution is 0.0738. The maximum absolute atomic E-state index is 13.0. The van der Waals surface area contributed by atoms with Gasteiger partial charge in [-0.1, -0.05) is 64.7 Å². The fourth-order valence-electron chi connectivity index (χ4n) is 7.11. The quantitative estimate of drug-likeness (QED) is 0.162. The van der Waals surface area contributed by atoms with Crippen LogP contribution < -0.4 is 5.32 Å². The molecule has 0 bridgehead atoms. The van der Waals surface area contributed by atoms with Crippen LogP contribution in [0, 0.1) is 10.8 Å². The highest BCUT2D eigenvalue weighted by Crippen LogP contribution is 2.32. The van der Waals surface area contributed by atoms with Crippen LogP contribution in [-0.2, 0) is 44.8 Å². The van der Waals surface area contributed by atoms with Gasteiger partial charge in [-0.3, -0.25) is 9.59 Å². The van der Waals surface area contributed by atoms with Crippen LogP contribution in [0.25, 0.3) is 0 Å². The van der Waals surface area contributed by atoms with Crippen LogP contribution in [0.4, 0.5) is 0 Å². The highest BCUT2D eigenvalue weighted by atomic mass is 35.7. The van der Waals surface area contributed by atoms with Gasteiger partial charge in [0.15, 0.2) is 0 Å². The molecule has 0 saturated carbocycles. The average Bonchev–Trinajstić information content (AvgIpc) is 3.87. The fourth-order valence-corrected chi connectivity index (χ4v) is 10.2. The normalized spacial score (nSPS) is 18.3. The summed E-state index contributed by atoms with van der Waals surface area (Å²) in [5.74, 6) is 0.628. The molecule has 1 N–H and O–H groups in total. The number of aryl methyl sites for hydroxylation is 4. The molecule has 61 heavy (non-hydrogen) atoms. The van der Waals surface area contributed by atoms with E-state index in [1.807, 2.05) is 65.8 Å². The standard InChI is InChI=1S/C21H30ClN3O3S2.C20H28ClN3OS.CH3ClO2S/c1-21(2,3)20(26)25-16(7-8-17-9-10-19(22)29-17)14-18(23-25)15-6-5-12-24(13-11-15)30(4,27)28;1-20(2,3)19(25)24-15(6-7-16-8-9-18(21)26-16)13-17(23-24)14-5-4-11-22-12-10-14;1-5(2,3)4/h9-10,14-15H,5-8,11-13H2,1-4H3;8-9,13-14,22H,4-7,10-12H2,1-3H3;1H3. The van der Waals surface area contributed by atoms with Crippen molar-refractivity contribution in [2.45, 2.75) is 118 Å². The van der Waals surface area contributed by atoms with E-state index in [0.29, 0.717) is 31.8 Å². The predicted octanol–water partition coefficient (Wildman–Crippen LogP) is 9.71. The van der Waals surface area contributed by atoms with Crippen LogP contribution in [0.15, 0.2) is 36.4 Å². The lowest BCUT2D eigenvalue weighted by Gasteiger charge is -2.18. The molecule has 0 amide bonds. The molecule has 0 aromatic carbocycles. The first kappa shape index (κ1) is 51.5. The van der Waals surface area contributed by atoms with E-state index in [1.54, 1.807) is 36.3 Å². The summed E-state index contributed by atoms with van der Waals surface area (Å²) in [5.41, 5.74) is 2.89. The molecule has 2 saturated heterocycles. The van der Waals surface area contributed by atoms with Gasteiger partial charge in [0.1, 0.15) is 0 Å². The molecule has 340 valence electrons. The van der Waals surface area contributed by atoms with E-state index in [-0.39, 0.29) is 17.7 Å². The Bertz CT molecular complexity index is 2290. The van der Waals surface area contributed by atoms with Gasteiger partial charge in [-0.05, 0) is 114 Å². The van der Waals surface area contributed by atoms with Gasteiger partial charge < -0.3 is 5.32 Å². The third kappa shape index (κ3) is 16.7. The Kier molecular flexibility index (Phi) is 18.7. The molecule has 19 heteroatoms. The summed E-state index contributed by atoms with van der Waals surface area (Å²) in [5, 5.41) is 13.0. The molecule has 4 aromatic heterocycles. The van der Waals surface area contributed by atoms with Crippen molar-refractivity contribution in [2.75, 3.05) is 38.7 Å². The van der Waals surface area contributed by atoms with E-state index in [2.05, 4.69) is 28.1 Å². The summed E-state index contributed by atoms with van der Waals surface area (Å²) >= 11 is 15.3. The molecule has 6 heterocycles. The number of rotatable bonds is 9. The minimum atomic E-state index is -3.19. The minimum absolute atomic E-state index is 0.0284. The van der Waals surface area contributed by atoms with Gasteiger partial charge in [-0.25, -0.2) is 30.5 Å². The van der Waals surface area contributed by atoms with Crippen molar-refractivity contribution in [2.24, 2.45) is 10.8 Å². The van der Waals surface area contributed by atoms with E-state index in [1.165, 1.54) is 16.0 Å². The minimum Gasteiger partial charge on any atom is -0.317 e. The molecular weight excluding hydrogens is 919 g/mol. The summed E-state index contributed by atoms with van der Waals surface area (Å²) in [7, 11) is -1.88. The second-order valence-electron chi connectivity index (χ2n) is 17.8. The molecular formula is C42H61Cl3N6O6S4. The van der Waals surface area contributed by atoms with Crippen LogP contribution in [0.1, 0.15) is 134 Å². The Morgan fingerprint density at radius 1 is 0.689 bits per heavy atom. The number of carbonyl (C=O) groups is 2. The van der Waals surface area contributed by atoms with E-state index in [9.17, 15) is 26.4 Å². The van der Waals surface area contributed by atoms with Gasteiger partial charge in [-0.15, -0.1) is 22.7 Å². The second-order valence-corrected chi connectivity index (χ2v) is 26.4. The summed E-state index contributed by atoms with van der Waals surface area (Å²) in [6.07, 6.45) is 11.1. The smallest absolute Gasteiger partial charge is 0.252 e. The fraction of sp³-hybridized carbons (Fsp3) is 0.619. The molecule has 6 rings (SSSR count). The Labute approximate surface area is 385 Å². The summed E-state index contributed by atoms with van der Waals surface area (Å²) in [4.78, 5) is 28.4. The Morgan fingerprint density at radius 2 is 1.13 bits per heavy atom. The Hall–Kier alpha value is -2.15. The zero-order chi connectivity index (χ0) is 45.3. The topological polar surface area (TPSA) is 153 Å².